The minimum atomic E-state index is 0.00759. The number of ketones is 1. The summed E-state index contributed by atoms with van der Waals surface area (Å²) in [5, 5.41) is 0. The smallest absolute Gasteiger partial charge is 0.129 e. The predicted molar refractivity (Wildman–Crippen MR) is 108 cm³/mol. The van der Waals surface area contributed by atoms with Gasteiger partial charge in [0.25, 0.3) is 0 Å². The van der Waals surface area contributed by atoms with E-state index in [1.54, 1.807) is 6.92 Å². The summed E-state index contributed by atoms with van der Waals surface area (Å²) in [5.74, 6) is 0.262. The molecule has 0 radical (unpaired) electrons. The Morgan fingerprint density at radius 3 is 2.00 bits per heavy atom. The lowest BCUT2D eigenvalue weighted by atomic mass is 9.97. The maximum Gasteiger partial charge on any atom is 0.129 e. The Morgan fingerprint density at radius 2 is 1.44 bits per heavy atom. The Labute approximate surface area is 155 Å². The maximum absolute atomic E-state index is 11.1. The van der Waals surface area contributed by atoms with Gasteiger partial charge in [0.1, 0.15) is 5.78 Å². The van der Waals surface area contributed by atoms with Crippen molar-refractivity contribution in [3.8, 4) is 0 Å². The van der Waals surface area contributed by atoms with Gasteiger partial charge in [-0.25, -0.2) is 0 Å². The van der Waals surface area contributed by atoms with Gasteiger partial charge in [0.15, 0.2) is 0 Å². The third-order valence-electron chi connectivity index (χ3n) is 5.05. The molecule has 0 aromatic rings. The van der Waals surface area contributed by atoms with Crippen LogP contribution in [0.15, 0.2) is 34.9 Å². The number of epoxide rings is 1. The van der Waals surface area contributed by atoms with E-state index in [9.17, 15) is 4.79 Å². The molecule has 1 heterocycles. The van der Waals surface area contributed by atoms with E-state index < -0.39 is 0 Å². The Balaban J connectivity index is 2.20. The highest BCUT2D eigenvalue weighted by molar-refractivity contribution is 5.75. The number of ether oxygens (including phenoxy) is 1. The van der Waals surface area contributed by atoms with Crippen LogP contribution < -0.4 is 0 Å². The molecular formula is C23H38O2. The molecule has 1 aliphatic rings. The first-order chi connectivity index (χ1) is 11.7. The molecule has 0 aliphatic carbocycles. The zero-order valence-electron chi connectivity index (χ0n) is 17.3. The molecule has 0 N–H and O–H groups in total. The first kappa shape index (κ1) is 21.9. The highest BCUT2D eigenvalue weighted by Gasteiger charge is 2.50. The van der Waals surface area contributed by atoms with Crippen molar-refractivity contribution in [1.82, 2.24) is 0 Å². The van der Waals surface area contributed by atoms with Crippen LogP contribution in [0.4, 0.5) is 0 Å². The van der Waals surface area contributed by atoms with Gasteiger partial charge >= 0.3 is 0 Å². The molecule has 1 aliphatic heterocycles. The summed E-state index contributed by atoms with van der Waals surface area (Å²) >= 11 is 0. The SMILES string of the molecule is CC(=O)CCC1OC1(C)CC/C=C(\C)CC/C=C(\C)CCC=C(C)C. The molecule has 0 amide bonds. The molecule has 0 spiro atoms. The Hall–Kier alpha value is -1.15. The van der Waals surface area contributed by atoms with Crippen molar-refractivity contribution in [3.63, 3.8) is 0 Å². The molecule has 0 saturated carbocycles. The van der Waals surface area contributed by atoms with Gasteiger partial charge in [0, 0.05) is 6.42 Å². The number of carbonyl (C=O) groups is 1. The van der Waals surface area contributed by atoms with E-state index in [0.29, 0.717) is 6.42 Å². The molecule has 2 nitrogen and oxygen atoms in total. The number of allylic oxidation sites excluding steroid dienone is 6. The average Bonchev–Trinajstić information content (AvgIpc) is 3.15. The standard InChI is InChI=1S/C23H38O2/c1-18(2)10-7-11-19(3)12-8-13-20(4)14-9-17-23(6)22(25-23)16-15-21(5)24/h10,12,14,22H,7-9,11,13,15-17H2,1-6H3/b19-12+,20-14+. The summed E-state index contributed by atoms with van der Waals surface area (Å²) in [6.07, 6.45) is 15.6. The fourth-order valence-electron chi connectivity index (χ4n) is 3.15. The third-order valence-corrected chi connectivity index (χ3v) is 5.05. The van der Waals surface area contributed by atoms with Crippen molar-refractivity contribution in [2.24, 2.45) is 0 Å². The van der Waals surface area contributed by atoms with Gasteiger partial charge in [-0.1, -0.05) is 34.9 Å². The monoisotopic (exact) mass is 346 g/mol. The number of carbonyl (C=O) groups excluding carboxylic acids is 1. The minimum absolute atomic E-state index is 0.00759. The van der Waals surface area contributed by atoms with Crippen LogP contribution in [0.3, 0.4) is 0 Å². The normalized spacial score (nSPS) is 23.5. The van der Waals surface area contributed by atoms with E-state index in [4.69, 9.17) is 4.74 Å². The van der Waals surface area contributed by atoms with Gasteiger partial charge in [-0.3, -0.25) is 0 Å². The van der Waals surface area contributed by atoms with Crippen LogP contribution in [0.2, 0.25) is 0 Å². The second-order valence-electron chi connectivity index (χ2n) is 8.16. The third kappa shape index (κ3) is 9.79. The van der Waals surface area contributed by atoms with Crippen molar-refractivity contribution >= 4 is 5.78 Å². The number of hydrogen-bond acceptors (Lipinski definition) is 2. The Kier molecular flexibility index (Phi) is 9.42. The van der Waals surface area contributed by atoms with Crippen LogP contribution in [0.5, 0.6) is 0 Å². The van der Waals surface area contributed by atoms with Crippen molar-refractivity contribution in [3.05, 3.63) is 34.9 Å². The number of hydrogen-bond donors (Lipinski definition) is 0. The molecule has 142 valence electrons. The minimum Gasteiger partial charge on any atom is -0.366 e. The van der Waals surface area contributed by atoms with Gasteiger partial charge < -0.3 is 9.53 Å². The molecule has 0 bridgehead atoms. The molecule has 1 saturated heterocycles. The van der Waals surface area contributed by atoms with E-state index in [1.807, 2.05) is 0 Å². The predicted octanol–water partition coefficient (Wildman–Crippen LogP) is 6.71. The largest absolute Gasteiger partial charge is 0.366 e. The fourth-order valence-corrected chi connectivity index (χ4v) is 3.15. The van der Waals surface area contributed by atoms with Gasteiger partial charge in [-0.05, 0) is 86.5 Å². The molecule has 0 aromatic carbocycles. The lowest BCUT2D eigenvalue weighted by Crippen LogP contribution is -2.10. The van der Waals surface area contributed by atoms with Gasteiger partial charge in [0.2, 0.25) is 0 Å². The summed E-state index contributed by atoms with van der Waals surface area (Å²) < 4.78 is 5.81. The Bertz CT molecular complexity index is 520. The van der Waals surface area contributed by atoms with Crippen molar-refractivity contribution in [1.29, 1.82) is 0 Å². The molecule has 2 atom stereocenters. The summed E-state index contributed by atoms with van der Waals surface area (Å²) in [6, 6.07) is 0. The molecule has 2 heteroatoms. The van der Waals surface area contributed by atoms with Crippen LogP contribution in [0, 0.1) is 0 Å². The zero-order chi connectivity index (χ0) is 18.9. The van der Waals surface area contributed by atoms with Crippen molar-refractivity contribution < 1.29 is 9.53 Å². The first-order valence-electron chi connectivity index (χ1n) is 9.85. The number of rotatable bonds is 12. The van der Waals surface area contributed by atoms with Crippen LogP contribution in [-0.4, -0.2) is 17.5 Å². The van der Waals surface area contributed by atoms with Crippen LogP contribution >= 0.6 is 0 Å². The molecule has 1 rings (SSSR count). The van der Waals surface area contributed by atoms with E-state index in [1.165, 1.54) is 23.1 Å². The van der Waals surface area contributed by atoms with Crippen LogP contribution in [0.1, 0.15) is 92.9 Å². The summed E-state index contributed by atoms with van der Waals surface area (Å²) in [7, 11) is 0. The summed E-state index contributed by atoms with van der Waals surface area (Å²) in [4.78, 5) is 11.1. The van der Waals surface area contributed by atoms with E-state index in [-0.39, 0.29) is 17.5 Å². The molecule has 0 aromatic heterocycles. The second kappa shape index (κ2) is 10.8. The Morgan fingerprint density at radius 1 is 0.880 bits per heavy atom. The highest BCUT2D eigenvalue weighted by atomic mass is 16.6. The van der Waals surface area contributed by atoms with Crippen LogP contribution in [0.25, 0.3) is 0 Å². The first-order valence-corrected chi connectivity index (χ1v) is 9.85. The van der Waals surface area contributed by atoms with Crippen LogP contribution in [-0.2, 0) is 9.53 Å². The fraction of sp³-hybridized carbons (Fsp3) is 0.696. The van der Waals surface area contributed by atoms with Crippen molar-refractivity contribution in [2.75, 3.05) is 0 Å². The summed E-state index contributed by atoms with van der Waals surface area (Å²) in [5.41, 5.74) is 4.38. The van der Waals surface area contributed by atoms with E-state index in [0.717, 1.165) is 38.5 Å². The highest BCUT2D eigenvalue weighted by Crippen LogP contribution is 2.43. The molecule has 2 unspecified atom stereocenters. The summed E-state index contributed by atoms with van der Waals surface area (Å²) in [6.45, 7) is 12.6. The zero-order valence-corrected chi connectivity index (χ0v) is 17.3. The van der Waals surface area contributed by atoms with E-state index >= 15 is 0 Å². The second-order valence-corrected chi connectivity index (χ2v) is 8.16. The van der Waals surface area contributed by atoms with Gasteiger partial charge in [0.05, 0.1) is 11.7 Å². The molecule has 25 heavy (non-hydrogen) atoms. The van der Waals surface area contributed by atoms with Gasteiger partial charge in [-0.15, -0.1) is 0 Å². The quantitative estimate of drug-likeness (QED) is 0.290. The lowest BCUT2D eigenvalue weighted by molar-refractivity contribution is -0.117. The number of Topliss-reactive ketones (excluding diaryl/α,β-unsaturated/α-hetero) is 1. The maximum atomic E-state index is 11.1. The molecule has 1 fully saturated rings. The van der Waals surface area contributed by atoms with E-state index in [2.05, 4.69) is 52.8 Å². The van der Waals surface area contributed by atoms with Gasteiger partial charge in [-0.2, -0.15) is 0 Å². The average molecular weight is 347 g/mol. The molecular weight excluding hydrogens is 308 g/mol. The lowest BCUT2D eigenvalue weighted by Gasteiger charge is -2.05. The van der Waals surface area contributed by atoms with Crippen molar-refractivity contribution in [2.45, 2.75) is 105 Å². The topological polar surface area (TPSA) is 29.6 Å².